The minimum Gasteiger partial charge on any atom is -0.375 e. The van der Waals surface area contributed by atoms with E-state index in [0.717, 1.165) is 19.6 Å². The van der Waals surface area contributed by atoms with E-state index in [1.165, 1.54) is 16.7 Å². The number of aryl methyl sites for hydroxylation is 2. The van der Waals surface area contributed by atoms with E-state index in [1.807, 2.05) is 0 Å². The van der Waals surface area contributed by atoms with Crippen LogP contribution >= 0.6 is 0 Å². The van der Waals surface area contributed by atoms with Crippen LogP contribution in [0.4, 0.5) is 0 Å². The molecule has 2 unspecified atom stereocenters. The minimum absolute atomic E-state index is 0.331. The van der Waals surface area contributed by atoms with E-state index in [9.17, 15) is 0 Å². The van der Waals surface area contributed by atoms with Gasteiger partial charge in [-0.1, -0.05) is 29.3 Å². The molecule has 1 saturated heterocycles. The van der Waals surface area contributed by atoms with Crippen molar-refractivity contribution in [2.75, 3.05) is 13.2 Å². The molecule has 2 rings (SSSR count). The van der Waals surface area contributed by atoms with Gasteiger partial charge < -0.3 is 10.1 Å². The second-order valence-electron chi connectivity index (χ2n) is 4.96. The molecular weight excluding hydrogens is 198 g/mol. The first-order valence-corrected chi connectivity index (χ1v) is 6.05. The molecule has 88 valence electrons. The van der Waals surface area contributed by atoms with Crippen LogP contribution in [0.1, 0.15) is 23.6 Å². The highest BCUT2D eigenvalue weighted by atomic mass is 16.5. The fraction of sp³-hybridized carbons (Fsp3) is 0.571. The summed E-state index contributed by atoms with van der Waals surface area (Å²) in [5.74, 6) is 0. The van der Waals surface area contributed by atoms with Gasteiger partial charge in [0.2, 0.25) is 0 Å². The van der Waals surface area contributed by atoms with Gasteiger partial charge in [-0.25, -0.2) is 0 Å². The van der Waals surface area contributed by atoms with Crippen LogP contribution in [0, 0.1) is 13.8 Å². The van der Waals surface area contributed by atoms with Gasteiger partial charge in [0.25, 0.3) is 0 Å². The Morgan fingerprint density at radius 1 is 1.25 bits per heavy atom. The SMILES string of the molecule is Cc1cc(C)cc(CC2CNC(C)CO2)c1. The standard InChI is InChI=1S/C14H21NO/c1-10-4-11(2)6-13(5-10)7-14-8-15-12(3)9-16-14/h4-6,12,14-15H,7-9H2,1-3H3. The van der Waals surface area contributed by atoms with E-state index < -0.39 is 0 Å². The molecular formula is C14H21NO. The van der Waals surface area contributed by atoms with Crippen molar-refractivity contribution in [2.24, 2.45) is 0 Å². The van der Waals surface area contributed by atoms with Crippen LogP contribution in [-0.2, 0) is 11.2 Å². The molecule has 2 nitrogen and oxygen atoms in total. The molecule has 1 aliphatic heterocycles. The van der Waals surface area contributed by atoms with Crippen molar-refractivity contribution in [3.63, 3.8) is 0 Å². The fourth-order valence-electron chi connectivity index (χ4n) is 2.31. The molecule has 0 radical (unpaired) electrons. The van der Waals surface area contributed by atoms with Crippen molar-refractivity contribution < 1.29 is 4.74 Å². The maximum absolute atomic E-state index is 5.81. The molecule has 0 bridgehead atoms. The highest BCUT2D eigenvalue weighted by Gasteiger charge is 2.18. The highest BCUT2D eigenvalue weighted by molar-refractivity contribution is 5.29. The van der Waals surface area contributed by atoms with Crippen molar-refractivity contribution in [3.05, 3.63) is 34.9 Å². The minimum atomic E-state index is 0.331. The lowest BCUT2D eigenvalue weighted by Crippen LogP contribution is -2.45. The van der Waals surface area contributed by atoms with E-state index in [1.54, 1.807) is 0 Å². The lowest BCUT2D eigenvalue weighted by Gasteiger charge is -2.28. The van der Waals surface area contributed by atoms with Crippen LogP contribution < -0.4 is 5.32 Å². The maximum atomic E-state index is 5.81. The molecule has 1 aromatic rings. The summed E-state index contributed by atoms with van der Waals surface area (Å²) < 4.78 is 5.81. The normalized spacial score (nSPS) is 25.7. The number of rotatable bonds is 2. The average molecular weight is 219 g/mol. The molecule has 16 heavy (non-hydrogen) atoms. The molecule has 1 fully saturated rings. The first kappa shape index (κ1) is 11.6. The summed E-state index contributed by atoms with van der Waals surface area (Å²) in [6, 6.07) is 7.23. The fourth-order valence-corrected chi connectivity index (χ4v) is 2.31. The van der Waals surface area contributed by atoms with Gasteiger partial charge >= 0.3 is 0 Å². The van der Waals surface area contributed by atoms with Gasteiger partial charge in [0, 0.05) is 12.6 Å². The molecule has 1 aliphatic rings. The first-order valence-electron chi connectivity index (χ1n) is 6.05. The Balaban J connectivity index is 1.98. The van der Waals surface area contributed by atoms with Crippen LogP contribution in [-0.4, -0.2) is 25.3 Å². The number of ether oxygens (including phenoxy) is 1. The van der Waals surface area contributed by atoms with E-state index in [0.29, 0.717) is 12.1 Å². The zero-order chi connectivity index (χ0) is 11.5. The lowest BCUT2D eigenvalue weighted by atomic mass is 10.0. The topological polar surface area (TPSA) is 21.3 Å². The van der Waals surface area contributed by atoms with Gasteiger partial charge in [0.1, 0.15) is 0 Å². The zero-order valence-electron chi connectivity index (χ0n) is 10.4. The van der Waals surface area contributed by atoms with Crippen molar-refractivity contribution in [2.45, 2.75) is 39.3 Å². The molecule has 1 N–H and O–H groups in total. The number of hydrogen-bond acceptors (Lipinski definition) is 2. The summed E-state index contributed by atoms with van der Waals surface area (Å²) >= 11 is 0. The number of hydrogen-bond donors (Lipinski definition) is 1. The molecule has 0 saturated carbocycles. The summed E-state index contributed by atoms with van der Waals surface area (Å²) in [5, 5.41) is 3.46. The number of nitrogens with one attached hydrogen (secondary N) is 1. The Hall–Kier alpha value is -0.860. The van der Waals surface area contributed by atoms with Crippen LogP contribution in [0.15, 0.2) is 18.2 Å². The van der Waals surface area contributed by atoms with Crippen LogP contribution in [0.3, 0.4) is 0 Å². The van der Waals surface area contributed by atoms with E-state index >= 15 is 0 Å². The zero-order valence-corrected chi connectivity index (χ0v) is 10.4. The Kier molecular flexibility index (Phi) is 3.62. The Bertz CT molecular complexity index is 334. The maximum Gasteiger partial charge on any atom is 0.0740 e. The van der Waals surface area contributed by atoms with Gasteiger partial charge in [-0.3, -0.25) is 0 Å². The van der Waals surface area contributed by atoms with Gasteiger partial charge in [0.15, 0.2) is 0 Å². The Labute approximate surface area is 98.0 Å². The van der Waals surface area contributed by atoms with Crippen molar-refractivity contribution in [3.8, 4) is 0 Å². The highest BCUT2D eigenvalue weighted by Crippen LogP contribution is 2.13. The smallest absolute Gasteiger partial charge is 0.0740 e. The molecule has 1 aromatic carbocycles. The predicted octanol–water partition coefficient (Wildman–Crippen LogP) is 2.22. The monoisotopic (exact) mass is 219 g/mol. The van der Waals surface area contributed by atoms with Crippen LogP contribution in [0.5, 0.6) is 0 Å². The molecule has 0 spiro atoms. The van der Waals surface area contributed by atoms with Crippen molar-refractivity contribution in [1.82, 2.24) is 5.32 Å². The predicted molar refractivity (Wildman–Crippen MR) is 66.8 cm³/mol. The van der Waals surface area contributed by atoms with Gasteiger partial charge in [0.05, 0.1) is 12.7 Å². The largest absolute Gasteiger partial charge is 0.375 e. The third-order valence-corrected chi connectivity index (χ3v) is 3.02. The first-order chi connectivity index (χ1) is 7.63. The third kappa shape index (κ3) is 3.06. The van der Waals surface area contributed by atoms with Gasteiger partial charge in [-0.05, 0) is 32.8 Å². The quantitative estimate of drug-likeness (QED) is 0.823. The van der Waals surface area contributed by atoms with E-state index in [2.05, 4.69) is 44.3 Å². The summed E-state index contributed by atoms with van der Waals surface area (Å²) in [6.45, 7) is 8.26. The summed E-state index contributed by atoms with van der Waals surface area (Å²) in [4.78, 5) is 0. The van der Waals surface area contributed by atoms with Crippen LogP contribution in [0.25, 0.3) is 0 Å². The second kappa shape index (κ2) is 4.98. The van der Waals surface area contributed by atoms with Crippen LogP contribution in [0.2, 0.25) is 0 Å². The molecule has 0 aromatic heterocycles. The van der Waals surface area contributed by atoms with Gasteiger partial charge in [-0.15, -0.1) is 0 Å². The second-order valence-corrected chi connectivity index (χ2v) is 4.96. The number of morpholine rings is 1. The Morgan fingerprint density at radius 2 is 1.94 bits per heavy atom. The molecule has 0 aliphatic carbocycles. The summed E-state index contributed by atoms with van der Waals surface area (Å²) in [5.41, 5.74) is 4.07. The van der Waals surface area contributed by atoms with Gasteiger partial charge in [-0.2, -0.15) is 0 Å². The molecule has 2 heteroatoms. The average Bonchev–Trinajstić information content (AvgIpc) is 2.20. The number of benzene rings is 1. The van der Waals surface area contributed by atoms with Crippen molar-refractivity contribution >= 4 is 0 Å². The lowest BCUT2D eigenvalue weighted by molar-refractivity contribution is 0.00881. The van der Waals surface area contributed by atoms with Crippen molar-refractivity contribution in [1.29, 1.82) is 0 Å². The van der Waals surface area contributed by atoms with E-state index in [4.69, 9.17) is 4.74 Å². The summed E-state index contributed by atoms with van der Waals surface area (Å²) in [7, 11) is 0. The molecule has 1 heterocycles. The van der Waals surface area contributed by atoms with E-state index in [-0.39, 0.29) is 0 Å². The third-order valence-electron chi connectivity index (χ3n) is 3.02. The molecule has 2 atom stereocenters. The summed E-state index contributed by atoms with van der Waals surface area (Å²) in [6.07, 6.45) is 1.35. The Morgan fingerprint density at radius 3 is 2.50 bits per heavy atom. The molecule has 0 amide bonds.